The smallest absolute Gasteiger partial charge is 0.434 e. The van der Waals surface area contributed by atoms with Crippen LogP contribution in [0.2, 0.25) is 0 Å². The van der Waals surface area contributed by atoms with Gasteiger partial charge in [-0.25, -0.2) is 9.59 Å². The van der Waals surface area contributed by atoms with E-state index in [4.69, 9.17) is 6.11 Å². The molecule has 0 N–H and O–H groups in total. The van der Waals surface area contributed by atoms with Crippen LogP contribution >= 0.6 is 0 Å². The van der Waals surface area contributed by atoms with Crippen molar-refractivity contribution in [1.82, 2.24) is 9.80 Å². The molecule has 1 heterocycles. The molecule has 0 aromatic heterocycles. The minimum atomic E-state index is -5.83. The highest BCUT2D eigenvalue weighted by Gasteiger charge is 2.60. The topological polar surface area (TPSA) is 59.1 Å². The first-order chi connectivity index (χ1) is 11.5. The SMILES string of the molecule is [2H]C1CN(C(=O)OC(C(F)(F)F)C(F)(F)F)CCN1C(=O)OC(C)(C)C. The number of alkyl halides is 6. The monoisotopic (exact) mass is 381 g/mol. The van der Waals surface area contributed by atoms with Gasteiger partial charge in [0.1, 0.15) is 5.60 Å². The van der Waals surface area contributed by atoms with Crippen LogP contribution in [0, 0.1) is 0 Å². The number of carbonyl (C=O) groups is 2. The molecule has 1 fully saturated rings. The summed E-state index contributed by atoms with van der Waals surface area (Å²) in [5, 5.41) is 0. The third-order valence-electron chi connectivity index (χ3n) is 2.83. The number of rotatable bonds is 1. The summed E-state index contributed by atoms with van der Waals surface area (Å²) in [6.07, 6.45) is -18.7. The number of nitrogens with zero attached hydrogens (tertiary/aromatic N) is 2. The van der Waals surface area contributed by atoms with Crippen LogP contribution in [0.4, 0.5) is 35.9 Å². The minimum Gasteiger partial charge on any atom is -0.444 e. The second kappa shape index (κ2) is 7.16. The van der Waals surface area contributed by atoms with E-state index >= 15 is 0 Å². The van der Waals surface area contributed by atoms with Crippen LogP contribution in [-0.2, 0) is 9.47 Å². The van der Waals surface area contributed by atoms with Crippen molar-refractivity contribution in [2.24, 2.45) is 0 Å². The van der Waals surface area contributed by atoms with E-state index in [1.54, 1.807) is 20.8 Å². The zero-order chi connectivity index (χ0) is 20.5. The molecule has 146 valence electrons. The van der Waals surface area contributed by atoms with Gasteiger partial charge in [-0.15, -0.1) is 0 Å². The predicted octanol–water partition coefficient (Wildman–Crippen LogP) is 3.17. The average Bonchev–Trinajstić information content (AvgIpc) is 2.39. The Bertz CT molecular complexity index is 520. The second-order valence-corrected chi connectivity index (χ2v) is 6.15. The molecule has 1 rings (SSSR count). The summed E-state index contributed by atoms with van der Waals surface area (Å²) in [5.74, 6) is 0. The van der Waals surface area contributed by atoms with Gasteiger partial charge in [0.15, 0.2) is 0 Å². The zero-order valence-corrected chi connectivity index (χ0v) is 13.6. The molecule has 0 radical (unpaired) electrons. The highest BCUT2D eigenvalue weighted by molar-refractivity contribution is 5.70. The zero-order valence-electron chi connectivity index (χ0n) is 14.6. The Hall–Kier alpha value is -1.88. The molecular weight excluding hydrogens is 362 g/mol. The van der Waals surface area contributed by atoms with E-state index in [0.29, 0.717) is 4.90 Å². The molecule has 1 aliphatic heterocycles. The number of amides is 2. The molecule has 2 amide bonds. The molecule has 1 atom stereocenters. The third kappa shape index (κ3) is 6.50. The Balaban J connectivity index is 2.74. The van der Waals surface area contributed by atoms with Gasteiger partial charge >= 0.3 is 24.5 Å². The Morgan fingerprint density at radius 1 is 0.920 bits per heavy atom. The Morgan fingerprint density at radius 3 is 1.80 bits per heavy atom. The summed E-state index contributed by atoms with van der Waals surface area (Å²) in [7, 11) is 0. The van der Waals surface area contributed by atoms with Crippen molar-refractivity contribution in [2.45, 2.75) is 44.8 Å². The molecule has 0 bridgehead atoms. The van der Waals surface area contributed by atoms with Gasteiger partial charge in [-0.1, -0.05) is 0 Å². The molecule has 0 spiro atoms. The van der Waals surface area contributed by atoms with Crippen LogP contribution in [0.5, 0.6) is 0 Å². The van der Waals surface area contributed by atoms with Crippen molar-refractivity contribution < 1.29 is 46.8 Å². The maximum atomic E-state index is 12.4. The van der Waals surface area contributed by atoms with Crippen LogP contribution in [0.1, 0.15) is 22.1 Å². The van der Waals surface area contributed by atoms with Gasteiger partial charge in [0.2, 0.25) is 0 Å². The fourth-order valence-corrected chi connectivity index (χ4v) is 1.75. The maximum Gasteiger partial charge on any atom is 0.434 e. The van der Waals surface area contributed by atoms with Crippen LogP contribution in [-0.4, -0.2) is 72.2 Å². The number of hydrogen-bond acceptors (Lipinski definition) is 4. The lowest BCUT2D eigenvalue weighted by atomic mass is 10.2. The van der Waals surface area contributed by atoms with Gasteiger partial charge in [0.25, 0.3) is 6.10 Å². The molecule has 0 aliphatic carbocycles. The number of halogens is 6. The summed E-state index contributed by atoms with van der Waals surface area (Å²) < 4.78 is 90.9. The summed E-state index contributed by atoms with van der Waals surface area (Å²) in [5.41, 5.74) is -0.862. The average molecular weight is 381 g/mol. The van der Waals surface area contributed by atoms with E-state index in [-0.39, 0.29) is 6.54 Å². The van der Waals surface area contributed by atoms with Gasteiger partial charge < -0.3 is 19.3 Å². The van der Waals surface area contributed by atoms with Gasteiger partial charge in [0.05, 0.1) is 1.37 Å². The normalized spacial score (nSPS) is 20.4. The fourth-order valence-electron chi connectivity index (χ4n) is 1.75. The summed E-state index contributed by atoms with van der Waals surface area (Å²) in [6, 6.07) is 0. The predicted molar refractivity (Wildman–Crippen MR) is 71.8 cm³/mol. The van der Waals surface area contributed by atoms with Crippen molar-refractivity contribution >= 4 is 12.2 Å². The molecule has 25 heavy (non-hydrogen) atoms. The number of carbonyl (C=O) groups excluding carboxylic acids is 2. The first-order valence-corrected chi connectivity index (χ1v) is 7.03. The van der Waals surface area contributed by atoms with Crippen molar-refractivity contribution in [2.75, 3.05) is 26.2 Å². The summed E-state index contributed by atoms with van der Waals surface area (Å²) in [4.78, 5) is 24.9. The first kappa shape index (κ1) is 19.4. The van der Waals surface area contributed by atoms with E-state index in [1.165, 1.54) is 0 Å². The van der Waals surface area contributed by atoms with Crippen LogP contribution in [0.3, 0.4) is 0 Å². The highest BCUT2D eigenvalue weighted by Crippen LogP contribution is 2.36. The van der Waals surface area contributed by atoms with Gasteiger partial charge in [0, 0.05) is 26.2 Å². The molecule has 12 heteroatoms. The van der Waals surface area contributed by atoms with E-state index in [0.717, 1.165) is 4.90 Å². The fraction of sp³-hybridized carbons (Fsp3) is 0.846. The second-order valence-electron chi connectivity index (χ2n) is 6.15. The van der Waals surface area contributed by atoms with E-state index < -0.39 is 55.9 Å². The Labute approximate surface area is 141 Å². The molecule has 0 aromatic rings. The van der Waals surface area contributed by atoms with E-state index in [1.807, 2.05) is 0 Å². The lowest BCUT2D eigenvalue weighted by Gasteiger charge is -2.35. The van der Waals surface area contributed by atoms with E-state index in [2.05, 4.69) is 4.74 Å². The van der Waals surface area contributed by atoms with Gasteiger partial charge in [-0.2, -0.15) is 26.3 Å². The maximum absolute atomic E-state index is 12.4. The quantitative estimate of drug-likeness (QED) is 0.655. The first-order valence-electron chi connectivity index (χ1n) is 7.61. The van der Waals surface area contributed by atoms with Crippen molar-refractivity contribution in [3.63, 3.8) is 0 Å². The summed E-state index contributed by atoms with van der Waals surface area (Å²) >= 11 is 0. The van der Waals surface area contributed by atoms with Gasteiger partial charge in [-0.3, -0.25) is 0 Å². The van der Waals surface area contributed by atoms with Crippen molar-refractivity contribution in [1.29, 1.82) is 0 Å². The Kier molecular flexibility index (Phi) is 5.57. The molecule has 0 saturated carbocycles. The van der Waals surface area contributed by atoms with Crippen LogP contribution in [0.15, 0.2) is 0 Å². The lowest BCUT2D eigenvalue weighted by Crippen LogP contribution is -2.54. The number of ether oxygens (including phenoxy) is 2. The van der Waals surface area contributed by atoms with Gasteiger partial charge in [-0.05, 0) is 20.8 Å². The molecule has 6 nitrogen and oxygen atoms in total. The van der Waals surface area contributed by atoms with E-state index in [9.17, 15) is 35.9 Å². The lowest BCUT2D eigenvalue weighted by molar-refractivity contribution is -0.308. The molecule has 1 aliphatic rings. The van der Waals surface area contributed by atoms with Crippen molar-refractivity contribution in [3.05, 3.63) is 0 Å². The molecule has 0 aromatic carbocycles. The van der Waals surface area contributed by atoms with Crippen LogP contribution < -0.4 is 0 Å². The Morgan fingerprint density at radius 2 is 1.40 bits per heavy atom. The number of piperazine rings is 1. The minimum absolute atomic E-state index is 0.305. The molecular formula is C13H18F6N2O4. The molecule has 1 unspecified atom stereocenters. The third-order valence-corrected chi connectivity index (χ3v) is 2.83. The molecule has 1 saturated heterocycles. The number of hydrogen-bond donors (Lipinski definition) is 0. The highest BCUT2D eigenvalue weighted by atomic mass is 19.4. The summed E-state index contributed by atoms with van der Waals surface area (Å²) in [6.45, 7) is 1.96. The van der Waals surface area contributed by atoms with Crippen LogP contribution in [0.25, 0.3) is 0 Å². The largest absolute Gasteiger partial charge is 0.444 e. The van der Waals surface area contributed by atoms with Crippen molar-refractivity contribution in [3.8, 4) is 0 Å². The standard InChI is InChI=1S/C13H18F6N2O4/c1-11(2,3)25-10(23)21-6-4-20(5-7-21)9(22)24-8(12(14,15)16)13(17,18)19/h8H,4-7H2,1-3H3/i6D.